The van der Waals surface area contributed by atoms with Crippen molar-refractivity contribution in [2.75, 3.05) is 36.5 Å². The number of morpholine rings is 1. The maximum Gasteiger partial charge on any atom is 0.267 e. The van der Waals surface area contributed by atoms with Crippen LogP contribution < -0.4 is 15.8 Å². The van der Waals surface area contributed by atoms with Crippen LogP contribution in [-0.2, 0) is 16.1 Å². The third-order valence-corrected chi connectivity index (χ3v) is 4.25. The Bertz CT molecular complexity index is 834. The second-order valence-corrected chi connectivity index (χ2v) is 6.30. The number of aromatic nitrogens is 2. The first-order valence-electron chi connectivity index (χ1n) is 7.69. The molecule has 1 aliphatic heterocycles. The predicted molar refractivity (Wildman–Crippen MR) is 96.6 cm³/mol. The molecule has 7 nitrogen and oxygen atoms in total. The van der Waals surface area contributed by atoms with Gasteiger partial charge in [0.05, 0.1) is 23.9 Å². The minimum Gasteiger partial charge on any atom is -0.378 e. The lowest BCUT2D eigenvalue weighted by Gasteiger charge is -2.27. The van der Waals surface area contributed by atoms with E-state index in [4.69, 9.17) is 27.9 Å². The number of hydrogen-bond acceptors (Lipinski definition) is 5. The molecule has 132 valence electrons. The number of rotatable bonds is 4. The van der Waals surface area contributed by atoms with Gasteiger partial charge in [-0.2, -0.15) is 5.10 Å². The summed E-state index contributed by atoms with van der Waals surface area (Å²) in [4.78, 5) is 26.2. The molecule has 1 aromatic heterocycles. The summed E-state index contributed by atoms with van der Waals surface area (Å²) in [5.41, 5.74) is 0.0286. The SMILES string of the molecule is O=C(Cn1nc(N2CCOCC2)ccc1=O)Nc1cc(Cl)ccc1Cl. The van der Waals surface area contributed by atoms with Crippen LogP contribution in [-0.4, -0.2) is 42.0 Å². The lowest BCUT2D eigenvalue weighted by atomic mass is 10.3. The van der Waals surface area contributed by atoms with Gasteiger partial charge >= 0.3 is 0 Å². The molecule has 0 atom stereocenters. The highest BCUT2D eigenvalue weighted by molar-refractivity contribution is 6.35. The average Bonchev–Trinajstić information content (AvgIpc) is 2.61. The third kappa shape index (κ3) is 4.50. The summed E-state index contributed by atoms with van der Waals surface area (Å²) in [7, 11) is 0. The van der Waals surface area contributed by atoms with Gasteiger partial charge in [0.15, 0.2) is 0 Å². The Morgan fingerprint density at radius 2 is 1.96 bits per heavy atom. The molecule has 1 aromatic carbocycles. The average molecular weight is 383 g/mol. The maximum atomic E-state index is 12.2. The van der Waals surface area contributed by atoms with E-state index >= 15 is 0 Å². The van der Waals surface area contributed by atoms with Crippen LogP contribution in [0.4, 0.5) is 11.5 Å². The molecule has 25 heavy (non-hydrogen) atoms. The number of amides is 1. The summed E-state index contributed by atoms with van der Waals surface area (Å²) in [5, 5.41) is 7.72. The summed E-state index contributed by atoms with van der Waals surface area (Å²) < 4.78 is 6.43. The normalized spacial score (nSPS) is 14.4. The van der Waals surface area contributed by atoms with Gasteiger partial charge in [-0.1, -0.05) is 23.2 Å². The minimum absolute atomic E-state index is 0.222. The van der Waals surface area contributed by atoms with Crippen LogP contribution in [0.25, 0.3) is 0 Å². The Kier molecular flexibility index (Phi) is 5.57. The van der Waals surface area contributed by atoms with E-state index in [1.54, 1.807) is 24.3 Å². The van der Waals surface area contributed by atoms with Crippen molar-refractivity contribution < 1.29 is 9.53 Å². The first kappa shape index (κ1) is 17.7. The van der Waals surface area contributed by atoms with Gasteiger partial charge in [-0.3, -0.25) is 9.59 Å². The van der Waals surface area contributed by atoms with Gasteiger partial charge in [0, 0.05) is 24.2 Å². The van der Waals surface area contributed by atoms with E-state index < -0.39 is 5.91 Å². The molecule has 0 spiro atoms. The molecular formula is C16H16Cl2N4O3. The molecule has 2 heterocycles. The summed E-state index contributed by atoms with van der Waals surface area (Å²) >= 11 is 11.9. The number of nitrogens with zero attached hydrogens (tertiary/aromatic N) is 3. The highest BCUT2D eigenvalue weighted by Crippen LogP contribution is 2.25. The molecule has 1 fully saturated rings. The Morgan fingerprint density at radius 1 is 1.20 bits per heavy atom. The fourth-order valence-electron chi connectivity index (χ4n) is 2.43. The summed E-state index contributed by atoms with van der Waals surface area (Å²) in [5.74, 6) is 0.217. The predicted octanol–water partition coefficient (Wildman–Crippen LogP) is 2.03. The van der Waals surface area contributed by atoms with E-state index in [9.17, 15) is 9.59 Å². The van der Waals surface area contributed by atoms with E-state index in [2.05, 4.69) is 10.4 Å². The van der Waals surface area contributed by atoms with Gasteiger partial charge in [-0.25, -0.2) is 4.68 Å². The molecule has 1 N–H and O–H groups in total. The number of nitrogens with one attached hydrogen (secondary N) is 1. The molecule has 1 saturated heterocycles. The van der Waals surface area contributed by atoms with Crippen molar-refractivity contribution in [1.82, 2.24) is 9.78 Å². The van der Waals surface area contributed by atoms with Crippen LogP contribution in [0.5, 0.6) is 0 Å². The van der Waals surface area contributed by atoms with Crippen molar-refractivity contribution >= 4 is 40.6 Å². The van der Waals surface area contributed by atoms with E-state index in [1.807, 2.05) is 4.90 Å². The van der Waals surface area contributed by atoms with Gasteiger partial charge in [0.1, 0.15) is 12.4 Å². The lowest BCUT2D eigenvalue weighted by Crippen LogP contribution is -2.38. The van der Waals surface area contributed by atoms with Crippen molar-refractivity contribution in [3.63, 3.8) is 0 Å². The zero-order valence-corrected chi connectivity index (χ0v) is 14.8. The second-order valence-electron chi connectivity index (χ2n) is 5.46. The number of ether oxygens (including phenoxy) is 1. The smallest absolute Gasteiger partial charge is 0.267 e. The summed E-state index contributed by atoms with van der Waals surface area (Å²) in [6, 6.07) is 7.80. The number of halogens is 2. The van der Waals surface area contributed by atoms with Crippen LogP contribution in [0.3, 0.4) is 0 Å². The first-order chi connectivity index (χ1) is 12.0. The molecule has 0 bridgehead atoms. The first-order valence-corrected chi connectivity index (χ1v) is 8.44. The highest BCUT2D eigenvalue weighted by Gasteiger charge is 2.15. The standard InChI is InChI=1S/C16H16Cl2N4O3/c17-11-1-2-12(18)13(9-11)19-15(23)10-22-16(24)4-3-14(20-22)21-5-7-25-8-6-21/h1-4,9H,5-8,10H2,(H,19,23). The molecule has 0 aliphatic carbocycles. The third-order valence-electron chi connectivity index (χ3n) is 3.68. The maximum absolute atomic E-state index is 12.2. The molecule has 0 saturated carbocycles. The molecule has 1 amide bonds. The van der Waals surface area contributed by atoms with Crippen LogP contribution >= 0.6 is 23.2 Å². The molecule has 1 aliphatic rings. The van der Waals surface area contributed by atoms with Crippen LogP contribution in [0, 0.1) is 0 Å². The number of anilines is 2. The zero-order chi connectivity index (χ0) is 17.8. The van der Waals surface area contributed by atoms with Crippen molar-refractivity contribution in [1.29, 1.82) is 0 Å². The number of hydrogen-bond donors (Lipinski definition) is 1. The van der Waals surface area contributed by atoms with Gasteiger partial charge in [0.25, 0.3) is 5.56 Å². The van der Waals surface area contributed by atoms with Crippen LogP contribution in [0.1, 0.15) is 0 Å². The van der Waals surface area contributed by atoms with Gasteiger partial charge in [0.2, 0.25) is 5.91 Å². The second kappa shape index (κ2) is 7.86. The zero-order valence-electron chi connectivity index (χ0n) is 13.2. The fourth-order valence-corrected chi connectivity index (χ4v) is 2.77. The number of carbonyl (C=O) groups is 1. The summed E-state index contributed by atoms with van der Waals surface area (Å²) in [6.45, 7) is 2.37. The highest BCUT2D eigenvalue weighted by atomic mass is 35.5. The Hall–Kier alpha value is -2.09. The Labute approximate surface area is 154 Å². The quantitative estimate of drug-likeness (QED) is 0.875. The Balaban J connectivity index is 1.74. The van der Waals surface area contributed by atoms with Gasteiger partial charge < -0.3 is 15.0 Å². The molecule has 0 unspecified atom stereocenters. The summed E-state index contributed by atoms with van der Waals surface area (Å²) in [6.07, 6.45) is 0. The molecule has 9 heteroatoms. The van der Waals surface area contributed by atoms with Gasteiger partial charge in [-0.05, 0) is 24.3 Å². The van der Waals surface area contributed by atoms with E-state index in [1.165, 1.54) is 6.07 Å². The van der Waals surface area contributed by atoms with E-state index in [0.29, 0.717) is 47.9 Å². The monoisotopic (exact) mass is 382 g/mol. The lowest BCUT2D eigenvalue weighted by molar-refractivity contribution is -0.117. The molecule has 3 rings (SSSR count). The Morgan fingerprint density at radius 3 is 2.72 bits per heavy atom. The van der Waals surface area contributed by atoms with Gasteiger partial charge in [-0.15, -0.1) is 0 Å². The molecule has 0 radical (unpaired) electrons. The minimum atomic E-state index is -0.419. The van der Waals surface area contributed by atoms with E-state index in [0.717, 1.165) is 4.68 Å². The van der Waals surface area contributed by atoms with Crippen LogP contribution in [0.2, 0.25) is 10.0 Å². The topological polar surface area (TPSA) is 76.5 Å². The van der Waals surface area contributed by atoms with E-state index in [-0.39, 0.29) is 12.1 Å². The molecular weight excluding hydrogens is 367 g/mol. The van der Waals surface area contributed by atoms with Crippen molar-refractivity contribution in [2.24, 2.45) is 0 Å². The van der Waals surface area contributed by atoms with Crippen molar-refractivity contribution in [3.8, 4) is 0 Å². The fraction of sp³-hybridized carbons (Fsp3) is 0.312. The number of benzene rings is 1. The van der Waals surface area contributed by atoms with Crippen LogP contribution in [0.15, 0.2) is 35.1 Å². The number of carbonyl (C=O) groups excluding carboxylic acids is 1. The molecule has 2 aromatic rings. The van der Waals surface area contributed by atoms with Crippen molar-refractivity contribution in [3.05, 3.63) is 50.7 Å². The largest absolute Gasteiger partial charge is 0.378 e. The van der Waals surface area contributed by atoms with Crippen molar-refractivity contribution in [2.45, 2.75) is 6.54 Å².